The van der Waals surface area contributed by atoms with E-state index in [1.54, 1.807) is 5.57 Å². The topological polar surface area (TPSA) is 0 Å². The molecule has 1 aromatic rings. The Morgan fingerprint density at radius 3 is 1.85 bits per heavy atom. The van der Waals surface area contributed by atoms with Gasteiger partial charge in [0.1, 0.15) is 0 Å². The molecule has 0 aromatic heterocycles. The average molecular weight is 550 g/mol. The van der Waals surface area contributed by atoms with Gasteiger partial charge in [-0.25, -0.2) is 0 Å². The fraction of sp³-hybridized carbons (Fsp3) is 0.700. The van der Waals surface area contributed by atoms with Gasteiger partial charge >= 0.3 is 0 Å². The first-order valence-corrected chi connectivity index (χ1v) is 16.8. The molecule has 4 atom stereocenters. The van der Waals surface area contributed by atoms with Crippen LogP contribution in [0.1, 0.15) is 145 Å². The molecule has 0 heteroatoms. The predicted octanol–water partition coefficient (Wildman–Crippen LogP) is 13.1. The standard InChI is InChI=1S/C10H16.2C10H18.C10H14.H2/c1-7(2)10-5-4-8(3)9(10)6-10;3*1-8(2)10-6-4-5-9(3)7-10;/h7,9H,3-6H2,1-2H3;5,8,10H,4,6-7H2,1-3H3;8,10H,3-7H2,1-2H3;4-8H,1-3H3;1H/i;;;;1+1. The Morgan fingerprint density at radius 1 is 0.850 bits per heavy atom. The van der Waals surface area contributed by atoms with Gasteiger partial charge in [0.05, 0.1) is 0 Å². The van der Waals surface area contributed by atoms with Crippen LogP contribution in [0.25, 0.3) is 0 Å². The molecule has 0 amide bonds. The molecule has 0 nitrogen and oxygen atoms in total. The number of allylic oxidation sites excluding steroid dienone is 4. The number of aryl methyl sites for hydroxylation is 1. The van der Waals surface area contributed by atoms with E-state index >= 15 is 0 Å². The first kappa shape index (κ1) is 34.6. The van der Waals surface area contributed by atoms with Gasteiger partial charge in [0.2, 0.25) is 0 Å². The van der Waals surface area contributed by atoms with E-state index in [1.807, 2.05) is 0 Å². The Balaban J connectivity index is 0.000000271. The maximum Gasteiger partial charge on any atom is 0 e. The van der Waals surface area contributed by atoms with Crippen molar-refractivity contribution in [2.75, 3.05) is 0 Å². The lowest BCUT2D eigenvalue weighted by Crippen LogP contribution is -2.13. The number of rotatable bonds is 4. The van der Waals surface area contributed by atoms with E-state index in [0.717, 1.165) is 40.9 Å². The molecule has 4 aliphatic rings. The molecule has 0 N–H and O–H groups in total. The summed E-state index contributed by atoms with van der Waals surface area (Å²) >= 11 is 0. The van der Waals surface area contributed by atoms with E-state index in [4.69, 9.17) is 0 Å². The summed E-state index contributed by atoms with van der Waals surface area (Å²) in [7, 11) is 0. The zero-order valence-corrected chi connectivity index (χ0v) is 28.4. The van der Waals surface area contributed by atoms with E-state index in [1.165, 1.54) is 86.5 Å². The Hall–Kier alpha value is -1.56. The third-order valence-corrected chi connectivity index (χ3v) is 10.5. The summed E-state index contributed by atoms with van der Waals surface area (Å²) in [6, 6.07) is 8.67. The summed E-state index contributed by atoms with van der Waals surface area (Å²) in [5.41, 5.74) is 8.13. The first-order chi connectivity index (χ1) is 18.8. The lowest BCUT2D eigenvalue weighted by Gasteiger charge is -2.26. The van der Waals surface area contributed by atoms with Crippen molar-refractivity contribution >= 4 is 0 Å². The fourth-order valence-corrected chi connectivity index (χ4v) is 7.14. The highest BCUT2D eigenvalue weighted by molar-refractivity contribution is 5.26. The predicted molar refractivity (Wildman–Crippen MR) is 183 cm³/mol. The summed E-state index contributed by atoms with van der Waals surface area (Å²) in [6.07, 6.45) is 16.0. The normalized spacial score (nSPS) is 27.2. The number of hydrogen-bond donors (Lipinski definition) is 0. The van der Waals surface area contributed by atoms with Crippen LogP contribution < -0.4 is 0 Å². The molecule has 4 unspecified atom stereocenters. The minimum atomic E-state index is 0. The van der Waals surface area contributed by atoms with Crippen LogP contribution in [0.4, 0.5) is 0 Å². The van der Waals surface area contributed by atoms with Crippen molar-refractivity contribution in [3.63, 3.8) is 0 Å². The SMILES string of the molecule is C=C1CCC2(C(C)C)CC12.C=C1CCCC(C(C)C)C1.CC1=CCCC(C(C)C)C1.Cc1cccc(C(C)C)c1.[2HH]. The van der Waals surface area contributed by atoms with Gasteiger partial charge in [-0.3, -0.25) is 0 Å². The van der Waals surface area contributed by atoms with Crippen molar-refractivity contribution in [1.82, 2.24) is 0 Å². The average Bonchev–Trinajstić information content (AvgIpc) is 3.56. The highest BCUT2D eigenvalue weighted by Gasteiger charge is 2.59. The van der Waals surface area contributed by atoms with Crippen LogP contribution in [0.2, 0.25) is 0 Å². The number of benzene rings is 1. The van der Waals surface area contributed by atoms with Crippen LogP contribution >= 0.6 is 0 Å². The first-order valence-electron chi connectivity index (χ1n) is 16.8. The zero-order chi connectivity index (χ0) is 30.0. The zero-order valence-electron chi connectivity index (χ0n) is 28.4. The Morgan fingerprint density at radius 2 is 1.50 bits per heavy atom. The molecule has 4 aliphatic carbocycles. The monoisotopic (exact) mass is 550 g/mol. The summed E-state index contributed by atoms with van der Waals surface area (Å²) in [5.74, 6) is 6.09. The summed E-state index contributed by atoms with van der Waals surface area (Å²) in [6.45, 7) is 31.0. The van der Waals surface area contributed by atoms with E-state index < -0.39 is 0 Å². The van der Waals surface area contributed by atoms with Crippen LogP contribution in [0, 0.1) is 47.8 Å². The minimum Gasteiger partial charge on any atom is -0.0999 e. The van der Waals surface area contributed by atoms with Crippen LogP contribution in [0.5, 0.6) is 0 Å². The quantitative estimate of drug-likeness (QED) is 0.328. The van der Waals surface area contributed by atoms with Gasteiger partial charge in [-0.1, -0.05) is 121 Å². The molecule has 5 rings (SSSR count). The van der Waals surface area contributed by atoms with Gasteiger partial charge in [0, 0.05) is 1.43 Å². The van der Waals surface area contributed by atoms with Crippen molar-refractivity contribution in [2.45, 2.75) is 139 Å². The molecule has 40 heavy (non-hydrogen) atoms. The van der Waals surface area contributed by atoms with Crippen molar-refractivity contribution in [3.05, 3.63) is 71.3 Å². The van der Waals surface area contributed by atoms with Crippen LogP contribution in [0.3, 0.4) is 0 Å². The van der Waals surface area contributed by atoms with E-state index in [9.17, 15) is 0 Å². The minimum absolute atomic E-state index is 0. The maximum atomic E-state index is 4.10. The summed E-state index contributed by atoms with van der Waals surface area (Å²) in [4.78, 5) is 0. The van der Waals surface area contributed by atoms with Gasteiger partial charge in [-0.2, -0.15) is 0 Å². The second kappa shape index (κ2) is 16.2. The molecule has 0 heterocycles. The molecule has 1 aromatic carbocycles. The Kier molecular flexibility index (Phi) is 14.0. The second-order valence-electron chi connectivity index (χ2n) is 15.1. The molecular formula is C40H68. The molecule has 0 spiro atoms. The molecule has 0 saturated heterocycles. The number of hydrogen-bond acceptors (Lipinski definition) is 0. The molecule has 0 bridgehead atoms. The second-order valence-corrected chi connectivity index (χ2v) is 15.1. The van der Waals surface area contributed by atoms with Gasteiger partial charge in [0.25, 0.3) is 0 Å². The van der Waals surface area contributed by atoms with E-state index in [0.29, 0.717) is 5.92 Å². The van der Waals surface area contributed by atoms with Crippen LogP contribution in [-0.2, 0) is 0 Å². The van der Waals surface area contributed by atoms with Gasteiger partial charge in [-0.05, 0) is 130 Å². The smallest absolute Gasteiger partial charge is 0 e. The largest absolute Gasteiger partial charge is 0.0999 e. The highest BCUT2D eigenvalue weighted by atomic mass is 14.6. The van der Waals surface area contributed by atoms with Crippen molar-refractivity contribution in [1.29, 1.82) is 0 Å². The third kappa shape index (κ3) is 10.7. The molecule has 0 aliphatic heterocycles. The van der Waals surface area contributed by atoms with Gasteiger partial charge in [-0.15, -0.1) is 0 Å². The molecule has 3 fully saturated rings. The van der Waals surface area contributed by atoms with Gasteiger partial charge in [0.15, 0.2) is 0 Å². The molecular weight excluding hydrogens is 480 g/mol. The van der Waals surface area contributed by atoms with Crippen molar-refractivity contribution < 1.29 is 1.43 Å². The maximum absolute atomic E-state index is 4.10. The van der Waals surface area contributed by atoms with Crippen LogP contribution in [-0.4, -0.2) is 0 Å². The molecule has 3 saturated carbocycles. The fourth-order valence-electron chi connectivity index (χ4n) is 7.14. The molecule has 228 valence electrons. The third-order valence-electron chi connectivity index (χ3n) is 10.5. The molecule has 0 radical (unpaired) electrons. The van der Waals surface area contributed by atoms with Crippen molar-refractivity contribution in [3.8, 4) is 0 Å². The lowest BCUT2D eigenvalue weighted by atomic mass is 9.80. The highest BCUT2D eigenvalue weighted by Crippen LogP contribution is 2.69. The Labute approximate surface area is 252 Å². The lowest BCUT2D eigenvalue weighted by molar-refractivity contribution is 0.320. The van der Waals surface area contributed by atoms with E-state index in [-0.39, 0.29) is 1.43 Å². The summed E-state index contributed by atoms with van der Waals surface area (Å²) in [5, 5.41) is 0. The van der Waals surface area contributed by atoms with Crippen LogP contribution in [0.15, 0.2) is 60.2 Å². The van der Waals surface area contributed by atoms with Crippen molar-refractivity contribution in [2.24, 2.45) is 40.9 Å². The Bertz CT molecular complexity index is 955. The van der Waals surface area contributed by atoms with E-state index in [2.05, 4.69) is 113 Å². The van der Waals surface area contributed by atoms with Gasteiger partial charge < -0.3 is 0 Å². The summed E-state index contributed by atoms with van der Waals surface area (Å²) < 4.78 is 0. The number of fused-ring (bicyclic) bond motifs is 1.